The van der Waals surface area contributed by atoms with Gasteiger partial charge in [-0.3, -0.25) is 9.78 Å². The van der Waals surface area contributed by atoms with Gasteiger partial charge in [0.1, 0.15) is 5.69 Å². The van der Waals surface area contributed by atoms with Gasteiger partial charge in [-0.1, -0.05) is 29.8 Å². The second kappa shape index (κ2) is 5.76. The van der Waals surface area contributed by atoms with Crippen LogP contribution in [0.4, 0.5) is 0 Å². The van der Waals surface area contributed by atoms with E-state index in [0.717, 1.165) is 20.1 Å². The van der Waals surface area contributed by atoms with E-state index < -0.39 is 0 Å². The van der Waals surface area contributed by atoms with Gasteiger partial charge >= 0.3 is 0 Å². The zero-order valence-electron chi connectivity index (χ0n) is 9.78. The van der Waals surface area contributed by atoms with Crippen molar-refractivity contribution in [3.63, 3.8) is 0 Å². The number of hydrogen-bond acceptors (Lipinski definition) is 2. The first-order chi connectivity index (χ1) is 8.56. The van der Waals surface area contributed by atoms with Crippen LogP contribution in [0, 0.1) is 6.92 Å². The summed E-state index contributed by atoms with van der Waals surface area (Å²) in [6.45, 7) is 2.02. The number of benzene rings is 1. The maximum absolute atomic E-state index is 12.1. The third-order valence-corrected chi connectivity index (χ3v) is 3.56. The van der Waals surface area contributed by atoms with E-state index in [0.29, 0.717) is 12.1 Å². The molecule has 0 radical (unpaired) electrons. The van der Waals surface area contributed by atoms with Gasteiger partial charge in [-0.15, -0.1) is 0 Å². The molecule has 18 heavy (non-hydrogen) atoms. The molecule has 0 fully saturated rings. The Hall–Kier alpha value is -1.000. The molecular formula is C14H11Br2NO. The van der Waals surface area contributed by atoms with Crippen molar-refractivity contribution in [1.82, 2.24) is 4.98 Å². The van der Waals surface area contributed by atoms with Gasteiger partial charge in [0.05, 0.1) is 0 Å². The maximum atomic E-state index is 12.1. The topological polar surface area (TPSA) is 30.0 Å². The number of rotatable bonds is 3. The zero-order chi connectivity index (χ0) is 13.1. The highest BCUT2D eigenvalue weighted by Gasteiger charge is 2.12. The van der Waals surface area contributed by atoms with E-state index in [9.17, 15) is 4.79 Å². The van der Waals surface area contributed by atoms with Gasteiger partial charge in [-0.25, -0.2) is 0 Å². The molecule has 0 bridgehead atoms. The van der Waals surface area contributed by atoms with Crippen LogP contribution >= 0.6 is 31.9 Å². The van der Waals surface area contributed by atoms with Gasteiger partial charge in [-0.05, 0) is 50.4 Å². The van der Waals surface area contributed by atoms with Gasteiger partial charge in [0.2, 0.25) is 0 Å². The molecule has 0 spiro atoms. The molecule has 1 heterocycles. The summed E-state index contributed by atoms with van der Waals surface area (Å²) in [7, 11) is 0. The number of halogens is 2. The Kier molecular flexibility index (Phi) is 4.30. The van der Waals surface area contributed by atoms with Gasteiger partial charge in [0.25, 0.3) is 0 Å². The molecule has 0 N–H and O–H groups in total. The van der Waals surface area contributed by atoms with Crippen LogP contribution in [0.1, 0.15) is 21.6 Å². The number of carbonyl (C=O) groups excluding carboxylic acids is 1. The first kappa shape index (κ1) is 13.4. The van der Waals surface area contributed by atoms with E-state index in [2.05, 4.69) is 36.8 Å². The molecule has 4 heteroatoms. The fraction of sp³-hybridized carbons (Fsp3) is 0.143. The Morgan fingerprint density at radius 3 is 2.72 bits per heavy atom. The van der Waals surface area contributed by atoms with E-state index in [1.807, 2.05) is 37.3 Å². The summed E-state index contributed by atoms with van der Waals surface area (Å²) in [4.78, 5) is 16.3. The van der Waals surface area contributed by atoms with Crippen LogP contribution in [0.2, 0.25) is 0 Å². The quantitative estimate of drug-likeness (QED) is 0.754. The normalized spacial score (nSPS) is 10.4. The lowest BCUT2D eigenvalue weighted by Gasteiger charge is -2.04. The Bertz CT molecular complexity index is 596. The summed E-state index contributed by atoms with van der Waals surface area (Å²) in [6.07, 6.45) is 2.00. The lowest BCUT2D eigenvalue weighted by Crippen LogP contribution is -2.07. The summed E-state index contributed by atoms with van der Waals surface area (Å²) < 4.78 is 1.57. The minimum atomic E-state index is 0.0139. The summed E-state index contributed by atoms with van der Waals surface area (Å²) in [5.41, 5.74) is 2.64. The Balaban J connectivity index is 2.22. The van der Waals surface area contributed by atoms with Crippen LogP contribution in [0.3, 0.4) is 0 Å². The van der Waals surface area contributed by atoms with Crippen LogP contribution in [0.25, 0.3) is 0 Å². The lowest BCUT2D eigenvalue weighted by atomic mass is 10.0. The summed E-state index contributed by atoms with van der Waals surface area (Å²) in [5.74, 6) is 0.0139. The molecule has 2 nitrogen and oxygen atoms in total. The van der Waals surface area contributed by atoms with E-state index >= 15 is 0 Å². The van der Waals surface area contributed by atoms with Gasteiger partial charge < -0.3 is 0 Å². The highest BCUT2D eigenvalue weighted by Crippen LogP contribution is 2.21. The number of aryl methyl sites for hydroxylation is 1. The average Bonchev–Trinajstić information content (AvgIpc) is 2.28. The second-order valence-corrected chi connectivity index (χ2v) is 5.84. The molecule has 92 valence electrons. The molecule has 0 unspecified atom stereocenters. The SMILES string of the molecule is Cc1cccc(CC(=O)c2ncc(Br)cc2Br)c1. The van der Waals surface area contributed by atoms with E-state index in [4.69, 9.17) is 0 Å². The molecule has 0 aliphatic carbocycles. The molecular weight excluding hydrogens is 358 g/mol. The van der Waals surface area contributed by atoms with Crippen LogP contribution < -0.4 is 0 Å². The number of ketones is 1. The first-order valence-electron chi connectivity index (χ1n) is 5.46. The number of nitrogens with zero attached hydrogens (tertiary/aromatic N) is 1. The Morgan fingerprint density at radius 1 is 1.28 bits per heavy atom. The molecule has 0 aliphatic rings. The van der Waals surface area contributed by atoms with E-state index in [1.54, 1.807) is 6.20 Å². The molecule has 0 aliphatic heterocycles. The largest absolute Gasteiger partial charge is 0.292 e. The van der Waals surface area contributed by atoms with Crippen LogP contribution in [-0.4, -0.2) is 10.8 Å². The van der Waals surface area contributed by atoms with Crippen molar-refractivity contribution in [1.29, 1.82) is 0 Å². The number of pyridine rings is 1. The average molecular weight is 369 g/mol. The van der Waals surface area contributed by atoms with Gasteiger partial charge in [0, 0.05) is 21.6 Å². The Labute approximate surface area is 123 Å². The van der Waals surface area contributed by atoms with Crippen LogP contribution in [0.15, 0.2) is 45.5 Å². The zero-order valence-corrected chi connectivity index (χ0v) is 13.0. The van der Waals surface area contributed by atoms with E-state index in [1.165, 1.54) is 0 Å². The van der Waals surface area contributed by atoms with Gasteiger partial charge in [-0.2, -0.15) is 0 Å². The number of aromatic nitrogens is 1. The summed E-state index contributed by atoms with van der Waals surface area (Å²) in [6, 6.07) is 9.78. The van der Waals surface area contributed by atoms with Crippen LogP contribution in [0.5, 0.6) is 0 Å². The lowest BCUT2D eigenvalue weighted by molar-refractivity contribution is 0.0987. The molecule has 1 aromatic carbocycles. The number of carbonyl (C=O) groups is 1. The maximum Gasteiger partial charge on any atom is 0.186 e. The molecule has 0 atom stereocenters. The van der Waals surface area contributed by atoms with Crippen molar-refractivity contribution in [3.8, 4) is 0 Å². The monoisotopic (exact) mass is 367 g/mol. The molecule has 2 rings (SSSR count). The van der Waals surface area contributed by atoms with E-state index in [-0.39, 0.29) is 5.78 Å². The van der Waals surface area contributed by atoms with Crippen molar-refractivity contribution in [2.24, 2.45) is 0 Å². The predicted octanol–water partition coefficient (Wildman–Crippen LogP) is 4.34. The number of hydrogen-bond donors (Lipinski definition) is 0. The fourth-order valence-corrected chi connectivity index (χ4v) is 2.92. The third-order valence-electron chi connectivity index (χ3n) is 2.52. The van der Waals surface area contributed by atoms with Crippen molar-refractivity contribution < 1.29 is 4.79 Å². The highest BCUT2D eigenvalue weighted by atomic mass is 79.9. The van der Waals surface area contributed by atoms with Crippen molar-refractivity contribution in [3.05, 3.63) is 62.3 Å². The molecule has 0 saturated carbocycles. The van der Waals surface area contributed by atoms with Crippen LogP contribution in [-0.2, 0) is 6.42 Å². The smallest absolute Gasteiger partial charge is 0.186 e. The van der Waals surface area contributed by atoms with Crippen molar-refractivity contribution in [2.45, 2.75) is 13.3 Å². The van der Waals surface area contributed by atoms with Crippen molar-refractivity contribution in [2.75, 3.05) is 0 Å². The third kappa shape index (κ3) is 3.27. The summed E-state index contributed by atoms with van der Waals surface area (Å²) >= 11 is 6.68. The molecule has 2 aromatic rings. The van der Waals surface area contributed by atoms with Crippen molar-refractivity contribution >= 4 is 37.6 Å². The highest BCUT2D eigenvalue weighted by molar-refractivity contribution is 9.11. The minimum Gasteiger partial charge on any atom is -0.292 e. The molecule has 1 aromatic heterocycles. The summed E-state index contributed by atoms with van der Waals surface area (Å²) in [5, 5.41) is 0. The second-order valence-electron chi connectivity index (χ2n) is 4.07. The fourth-order valence-electron chi connectivity index (χ4n) is 1.71. The standard InChI is InChI=1S/C14H11Br2NO/c1-9-3-2-4-10(5-9)6-13(18)14-12(16)7-11(15)8-17-14/h2-5,7-8H,6H2,1H3. The molecule has 0 saturated heterocycles. The predicted molar refractivity (Wildman–Crippen MR) is 78.9 cm³/mol. The first-order valence-corrected chi connectivity index (χ1v) is 7.04. The van der Waals surface area contributed by atoms with Gasteiger partial charge in [0.15, 0.2) is 5.78 Å². The Morgan fingerprint density at radius 2 is 2.06 bits per heavy atom. The number of Topliss-reactive ketones (excluding diaryl/α,β-unsaturated/α-hetero) is 1. The minimum absolute atomic E-state index is 0.0139. The molecule has 0 amide bonds.